The van der Waals surface area contributed by atoms with Crippen molar-refractivity contribution in [2.45, 2.75) is 6.10 Å². The molecule has 0 spiro atoms. The van der Waals surface area contributed by atoms with Gasteiger partial charge in [0.2, 0.25) is 0 Å². The van der Waals surface area contributed by atoms with E-state index in [-0.39, 0.29) is 11.5 Å². The third-order valence-electron chi connectivity index (χ3n) is 3.13. The zero-order chi connectivity index (χ0) is 14.5. The normalized spacial score (nSPS) is 10.5. The molecule has 0 aliphatic carbocycles. The van der Waals surface area contributed by atoms with Crippen LogP contribution in [0.5, 0.6) is 0 Å². The Morgan fingerprint density at radius 2 is 1.43 bits per heavy atom. The van der Waals surface area contributed by atoms with Crippen LogP contribution in [-0.2, 0) is 0 Å². The smallest absolute Gasteiger partial charge is 0.182 e. The molecule has 1 heterocycles. The highest BCUT2D eigenvalue weighted by molar-refractivity contribution is 5.29. The topological polar surface area (TPSA) is 31.2 Å². The van der Waals surface area contributed by atoms with Crippen LogP contribution in [0.2, 0.25) is 0 Å². The molecular weight excluding hydrogens is 262 g/mol. The van der Waals surface area contributed by atoms with Crippen molar-refractivity contribution in [1.82, 2.24) is 4.73 Å². The minimum Gasteiger partial charge on any atom is -0.401 e. The molecule has 0 fully saturated rings. The quantitative estimate of drug-likeness (QED) is 0.733. The maximum absolute atomic E-state index is 11.1. The molecule has 3 aromatic rings. The molecule has 2 aromatic carbocycles. The highest BCUT2D eigenvalue weighted by Gasteiger charge is 2.15. The fourth-order valence-electron chi connectivity index (χ4n) is 2.11. The minimum absolute atomic E-state index is 0.0918. The molecule has 21 heavy (non-hydrogen) atoms. The number of pyridine rings is 1. The summed E-state index contributed by atoms with van der Waals surface area (Å²) in [6.45, 7) is 0. The molecule has 0 bridgehead atoms. The van der Waals surface area contributed by atoms with Crippen molar-refractivity contribution in [2.24, 2.45) is 0 Å². The highest BCUT2D eigenvalue weighted by atomic mass is 16.7. The molecule has 0 aliphatic heterocycles. The molecule has 0 amide bonds. The van der Waals surface area contributed by atoms with Gasteiger partial charge in [-0.15, -0.1) is 0 Å². The lowest BCUT2D eigenvalue weighted by Gasteiger charge is -2.20. The summed E-state index contributed by atoms with van der Waals surface area (Å²) in [4.78, 5) is 17.1. The average molecular weight is 276 g/mol. The summed E-state index contributed by atoms with van der Waals surface area (Å²) in [6, 6.07) is 22.7. The van der Waals surface area contributed by atoms with E-state index in [0.717, 1.165) is 11.1 Å². The van der Waals surface area contributed by atoms with Gasteiger partial charge in [0.05, 0.1) is 0 Å². The molecule has 1 radical (unpaired) electrons. The Bertz CT molecular complexity index is 691. The van der Waals surface area contributed by atoms with Crippen LogP contribution in [0.4, 0.5) is 0 Å². The van der Waals surface area contributed by atoms with Crippen LogP contribution in [0.15, 0.2) is 83.8 Å². The zero-order valence-electron chi connectivity index (χ0n) is 11.3. The summed E-state index contributed by atoms with van der Waals surface area (Å²) in [5, 5.41) is 0. The maximum Gasteiger partial charge on any atom is 0.182 e. The first-order valence-corrected chi connectivity index (χ1v) is 6.70. The van der Waals surface area contributed by atoms with E-state index < -0.39 is 0 Å². The van der Waals surface area contributed by atoms with Crippen molar-refractivity contribution in [3.8, 4) is 0 Å². The van der Waals surface area contributed by atoms with Gasteiger partial charge in [-0.2, -0.15) is 4.73 Å². The van der Waals surface area contributed by atoms with Crippen molar-refractivity contribution in [2.75, 3.05) is 0 Å². The molecule has 0 atom stereocenters. The van der Waals surface area contributed by atoms with Gasteiger partial charge >= 0.3 is 0 Å². The van der Waals surface area contributed by atoms with Gasteiger partial charge in [-0.05, 0) is 11.1 Å². The van der Waals surface area contributed by atoms with Gasteiger partial charge in [0, 0.05) is 18.3 Å². The summed E-state index contributed by atoms with van der Waals surface area (Å²) in [5.74, 6) is 0. The van der Waals surface area contributed by atoms with E-state index in [1.807, 2.05) is 60.7 Å². The standard InChI is InChI=1S/C18H14NO2/c20-17-11-13-19(14-12-17)21-18(15-7-3-1-4-8-15)16-9-5-2-6-10-16/h1-13,18H. The van der Waals surface area contributed by atoms with Crippen molar-refractivity contribution in [1.29, 1.82) is 0 Å². The molecular formula is C18H14NO2. The summed E-state index contributed by atoms with van der Waals surface area (Å²) < 4.78 is 1.44. The molecule has 0 unspecified atom stereocenters. The monoisotopic (exact) mass is 276 g/mol. The molecule has 3 heteroatoms. The predicted molar refractivity (Wildman–Crippen MR) is 80.8 cm³/mol. The van der Waals surface area contributed by atoms with Crippen LogP contribution in [0.3, 0.4) is 0 Å². The predicted octanol–water partition coefficient (Wildman–Crippen LogP) is 2.87. The van der Waals surface area contributed by atoms with Gasteiger partial charge in [-0.3, -0.25) is 4.79 Å². The van der Waals surface area contributed by atoms with Crippen molar-refractivity contribution < 1.29 is 4.84 Å². The van der Waals surface area contributed by atoms with Crippen LogP contribution in [0.1, 0.15) is 17.2 Å². The number of nitrogens with zero attached hydrogens (tertiary/aromatic N) is 1. The average Bonchev–Trinajstić information content (AvgIpc) is 2.56. The fraction of sp³-hybridized carbons (Fsp3) is 0.0556. The Labute approximate surface area is 123 Å². The number of aromatic nitrogens is 1. The number of rotatable bonds is 4. The first kappa shape index (κ1) is 13.2. The lowest BCUT2D eigenvalue weighted by Crippen LogP contribution is -2.20. The SMILES string of the molecule is O=c1c[c]n(OC(c2ccccc2)c2ccccc2)cc1. The van der Waals surface area contributed by atoms with Crippen LogP contribution in [-0.4, -0.2) is 4.73 Å². The summed E-state index contributed by atoms with van der Waals surface area (Å²) in [5.41, 5.74) is 1.98. The Hall–Kier alpha value is -2.81. The van der Waals surface area contributed by atoms with E-state index in [1.54, 1.807) is 6.20 Å². The fourth-order valence-corrected chi connectivity index (χ4v) is 2.11. The lowest BCUT2D eigenvalue weighted by molar-refractivity contribution is 0.0579. The van der Waals surface area contributed by atoms with Gasteiger partial charge in [-0.1, -0.05) is 60.7 Å². The van der Waals surface area contributed by atoms with Gasteiger partial charge in [0.15, 0.2) is 11.5 Å². The zero-order valence-corrected chi connectivity index (χ0v) is 11.3. The Morgan fingerprint density at radius 3 is 1.90 bits per heavy atom. The van der Waals surface area contributed by atoms with E-state index >= 15 is 0 Å². The van der Waals surface area contributed by atoms with Crippen LogP contribution in [0, 0.1) is 6.20 Å². The van der Waals surface area contributed by atoms with Crippen molar-refractivity contribution in [3.05, 3.63) is 107 Å². The number of hydrogen-bond acceptors (Lipinski definition) is 2. The van der Waals surface area contributed by atoms with Crippen molar-refractivity contribution >= 4 is 0 Å². The highest BCUT2D eigenvalue weighted by Crippen LogP contribution is 2.23. The Kier molecular flexibility index (Phi) is 3.83. The van der Waals surface area contributed by atoms with E-state index in [9.17, 15) is 4.79 Å². The van der Waals surface area contributed by atoms with E-state index in [2.05, 4.69) is 6.20 Å². The first-order valence-electron chi connectivity index (χ1n) is 6.70. The largest absolute Gasteiger partial charge is 0.401 e. The summed E-state index contributed by atoms with van der Waals surface area (Å²) in [6.07, 6.45) is 4.10. The minimum atomic E-state index is -0.258. The molecule has 0 aliphatic rings. The first-order chi connectivity index (χ1) is 10.3. The van der Waals surface area contributed by atoms with E-state index in [0.29, 0.717) is 0 Å². The third-order valence-corrected chi connectivity index (χ3v) is 3.13. The Balaban J connectivity index is 1.97. The van der Waals surface area contributed by atoms with Crippen molar-refractivity contribution in [3.63, 3.8) is 0 Å². The van der Waals surface area contributed by atoms with Crippen LogP contribution in [0.25, 0.3) is 0 Å². The lowest BCUT2D eigenvalue weighted by atomic mass is 10.0. The second-order valence-electron chi connectivity index (χ2n) is 4.62. The summed E-state index contributed by atoms with van der Waals surface area (Å²) in [7, 11) is 0. The van der Waals surface area contributed by atoms with Gasteiger partial charge in [0.1, 0.15) is 6.20 Å². The van der Waals surface area contributed by atoms with Crippen LogP contribution >= 0.6 is 0 Å². The third kappa shape index (κ3) is 3.20. The van der Waals surface area contributed by atoms with E-state index in [4.69, 9.17) is 4.84 Å². The number of benzene rings is 2. The van der Waals surface area contributed by atoms with Gasteiger partial charge < -0.3 is 4.84 Å². The molecule has 0 saturated carbocycles. The second kappa shape index (κ2) is 6.09. The summed E-state index contributed by atoms with van der Waals surface area (Å²) >= 11 is 0. The van der Waals surface area contributed by atoms with E-state index in [1.165, 1.54) is 16.9 Å². The second-order valence-corrected chi connectivity index (χ2v) is 4.62. The molecule has 3 rings (SSSR count). The van der Waals surface area contributed by atoms with Crippen LogP contribution < -0.4 is 10.3 Å². The molecule has 103 valence electrons. The van der Waals surface area contributed by atoms with Gasteiger partial charge in [-0.25, -0.2) is 0 Å². The molecule has 3 nitrogen and oxygen atoms in total. The molecule has 1 aromatic heterocycles. The maximum atomic E-state index is 11.1. The van der Waals surface area contributed by atoms with Gasteiger partial charge in [0.25, 0.3) is 0 Å². The Morgan fingerprint density at radius 1 is 0.857 bits per heavy atom. The molecule has 0 saturated heterocycles. The molecule has 0 N–H and O–H groups in total. The number of hydrogen-bond donors (Lipinski definition) is 0.